The normalized spacial score (nSPS) is 20.5. The zero-order chi connectivity index (χ0) is 16.4. The molecule has 1 saturated heterocycles. The van der Waals surface area contributed by atoms with Crippen LogP contribution in [-0.4, -0.2) is 43.9 Å². The van der Waals surface area contributed by atoms with Crippen molar-refractivity contribution in [3.8, 4) is 11.6 Å². The lowest BCUT2D eigenvalue weighted by Crippen LogP contribution is -2.31. The first-order valence-electron chi connectivity index (χ1n) is 7.54. The average Bonchev–Trinajstić information content (AvgIpc) is 3.03. The molecule has 2 atom stereocenters. The maximum Gasteiger partial charge on any atom is 0.323 e. The second kappa shape index (κ2) is 6.42. The van der Waals surface area contributed by atoms with Gasteiger partial charge in [0.25, 0.3) is 0 Å². The molecule has 2 aromatic rings. The summed E-state index contributed by atoms with van der Waals surface area (Å²) in [6.07, 6.45) is 0.470. The van der Waals surface area contributed by atoms with Crippen molar-refractivity contribution in [3.63, 3.8) is 0 Å². The molecule has 1 aromatic carbocycles. The van der Waals surface area contributed by atoms with E-state index in [4.69, 9.17) is 14.2 Å². The zero-order valence-electron chi connectivity index (χ0n) is 13.5. The topological polar surface area (TPSA) is 69.7 Å². The van der Waals surface area contributed by atoms with Gasteiger partial charge >= 0.3 is 5.97 Å². The van der Waals surface area contributed by atoms with Crippen LogP contribution in [0.4, 0.5) is 0 Å². The van der Waals surface area contributed by atoms with Crippen LogP contribution < -0.4 is 14.8 Å². The van der Waals surface area contributed by atoms with Gasteiger partial charge in [0.2, 0.25) is 5.88 Å². The van der Waals surface area contributed by atoms with Gasteiger partial charge in [-0.05, 0) is 25.1 Å². The minimum Gasteiger partial charge on any atom is -0.497 e. The van der Waals surface area contributed by atoms with Crippen LogP contribution in [0.15, 0.2) is 24.3 Å². The highest BCUT2D eigenvalue weighted by molar-refractivity contribution is 5.81. The number of hydrogen-bond donors (Lipinski definition) is 1. The number of ether oxygens (including phenoxy) is 3. The SMILES string of the molecule is COC(=O)[C@@H]1C[C@@H](Oc2nc3cc(OC)ccc3cc2C)CN1. The van der Waals surface area contributed by atoms with Crippen molar-refractivity contribution in [1.82, 2.24) is 10.3 Å². The number of methoxy groups -OCH3 is 2. The molecule has 0 saturated carbocycles. The number of hydrogen-bond acceptors (Lipinski definition) is 6. The molecule has 2 heterocycles. The van der Waals surface area contributed by atoms with Crippen molar-refractivity contribution in [3.05, 3.63) is 29.8 Å². The molecule has 3 rings (SSSR count). The maximum atomic E-state index is 11.6. The van der Waals surface area contributed by atoms with Gasteiger partial charge in [0.15, 0.2) is 0 Å². The van der Waals surface area contributed by atoms with Gasteiger partial charge in [-0.25, -0.2) is 4.98 Å². The lowest BCUT2D eigenvalue weighted by molar-refractivity contribution is -0.142. The minimum absolute atomic E-state index is 0.103. The van der Waals surface area contributed by atoms with Gasteiger partial charge in [-0.3, -0.25) is 4.79 Å². The lowest BCUT2D eigenvalue weighted by Gasteiger charge is -2.15. The smallest absolute Gasteiger partial charge is 0.323 e. The Hall–Kier alpha value is -2.34. The molecule has 0 spiro atoms. The van der Waals surface area contributed by atoms with E-state index in [1.165, 1.54) is 7.11 Å². The molecule has 6 nitrogen and oxygen atoms in total. The summed E-state index contributed by atoms with van der Waals surface area (Å²) in [5.41, 5.74) is 1.78. The third kappa shape index (κ3) is 3.22. The molecule has 0 unspecified atom stereocenters. The number of nitrogens with zero attached hydrogens (tertiary/aromatic N) is 1. The average molecular weight is 316 g/mol. The first kappa shape index (κ1) is 15.6. The van der Waals surface area contributed by atoms with E-state index in [1.54, 1.807) is 7.11 Å². The summed E-state index contributed by atoms with van der Waals surface area (Å²) in [7, 11) is 3.02. The molecule has 23 heavy (non-hydrogen) atoms. The Labute approximate surface area is 134 Å². The molecular weight excluding hydrogens is 296 g/mol. The van der Waals surface area contributed by atoms with Crippen molar-refractivity contribution in [2.45, 2.75) is 25.5 Å². The molecule has 0 amide bonds. The Kier molecular flexibility index (Phi) is 4.34. The molecule has 1 N–H and O–H groups in total. The molecule has 1 aromatic heterocycles. The first-order chi connectivity index (χ1) is 11.1. The number of fused-ring (bicyclic) bond motifs is 1. The molecule has 122 valence electrons. The Morgan fingerprint density at radius 1 is 1.30 bits per heavy atom. The van der Waals surface area contributed by atoms with E-state index in [9.17, 15) is 4.79 Å². The van der Waals surface area contributed by atoms with E-state index in [1.807, 2.05) is 31.2 Å². The van der Waals surface area contributed by atoms with Crippen LogP contribution in [-0.2, 0) is 9.53 Å². The van der Waals surface area contributed by atoms with Gasteiger partial charge in [-0.15, -0.1) is 0 Å². The molecule has 6 heteroatoms. The number of rotatable bonds is 4. The van der Waals surface area contributed by atoms with E-state index < -0.39 is 0 Å². The van der Waals surface area contributed by atoms with Crippen LogP contribution in [0.1, 0.15) is 12.0 Å². The van der Waals surface area contributed by atoms with Gasteiger partial charge < -0.3 is 19.5 Å². The highest BCUT2D eigenvalue weighted by atomic mass is 16.5. The summed E-state index contributed by atoms with van der Waals surface area (Å²) in [5, 5.41) is 4.14. The second-order valence-electron chi connectivity index (χ2n) is 5.63. The van der Waals surface area contributed by atoms with Crippen molar-refractivity contribution in [2.24, 2.45) is 0 Å². The monoisotopic (exact) mass is 316 g/mol. The molecular formula is C17H20N2O4. The first-order valence-corrected chi connectivity index (χ1v) is 7.54. The molecule has 0 aliphatic carbocycles. The fraction of sp³-hybridized carbons (Fsp3) is 0.412. The predicted molar refractivity (Wildman–Crippen MR) is 85.9 cm³/mol. The van der Waals surface area contributed by atoms with Crippen molar-refractivity contribution >= 4 is 16.9 Å². The van der Waals surface area contributed by atoms with E-state index in [0.29, 0.717) is 18.8 Å². The van der Waals surface area contributed by atoms with Gasteiger partial charge in [-0.1, -0.05) is 0 Å². The maximum absolute atomic E-state index is 11.6. The Bertz CT molecular complexity index is 732. The van der Waals surface area contributed by atoms with Gasteiger partial charge in [0, 0.05) is 30.0 Å². The largest absolute Gasteiger partial charge is 0.497 e. The molecule has 1 aliphatic heterocycles. The van der Waals surface area contributed by atoms with Gasteiger partial charge in [0.1, 0.15) is 17.9 Å². The Balaban J connectivity index is 1.80. The number of pyridine rings is 1. The highest BCUT2D eigenvalue weighted by Gasteiger charge is 2.31. The number of aryl methyl sites for hydroxylation is 1. The summed E-state index contributed by atoms with van der Waals surface area (Å²) >= 11 is 0. The van der Waals surface area contributed by atoms with Crippen LogP contribution in [0, 0.1) is 6.92 Å². The van der Waals surface area contributed by atoms with Crippen molar-refractivity contribution < 1.29 is 19.0 Å². The standard InChI is InChI=1S/C17H20N2O4/c1-10-6-11-4-5-12(21-2)7-14(11)19-16(10)23-13-8-15(18-9-13)17(20)22-3/h4-7,13,15,18H,8-9H2,1-3H3/t13-,15+/m1/s1. The summed E-state index contributed by atoms with van der Waals surface area (Å²) in [6, 6.07) is 7.49. The van der Waals surface area contributed by atoms with E-state index >= 15 is 0 Å². The lowest BCUT2D eigenvalue weighted by atomic mass is 10.1. The van der Waals surface area contributed by atoms with Crippen molar-refractivity contribution in [1.29, 1.82) is 0 Å². The van der Waals surface area contributed by atoms with Crippen LogP contribution >= 0.6 is 0 Å². The number of aromatic nitrogens is 1. The van der Waals surface area contributed by atoms with Crippen LogP contribution in [0.25, 0.3) is 10.9 Å². The molecule has 1 fully saturated rings. The number of benzene rings is 1. The molecule has 1 aliphatic rings. The number of carbonyl (C=O) groups is 1. The van der Waals surface area contributed by atoms with Crippen LogP contribution in [0.3, 0.4) is 0 Å². The van der Waals surface area contributed by atoms with E-state index in [2.05, 4.69) is 10.3 Å². The Morgan fingerprint density at radius 2 is 2.13 bits per heavy atom. The van der Waals surface area contributed by atoms with Gasteiger partial charge in [0.05, 0.1) is 19.7 Å². The Morgan fingerprint density at radius 3 is 2.87 bits per heavy atom. The fourth-order valence-electron chi connectivity index (χ4n) is 2.75. The summed E-state index contributed by atoms with van der Waals surface area (Å²) < 4.78 is 16.0. The fourth-order valence-corrected chi connectivity index (χ4v) is 2.75. The third-order valence-corrected chi connectivity index (χ3v) is 4.02. The van der Waals surface area contributed by atoms with Crippen LogP contribution in [0.2, 0.25) is 0 Å². The van der Waals surface area contributed by atoms with Gasteiger partial charge in [-0.2, -0.15) is 0 Å². The zero-order valence-corrected chi connectivity index (χ0v) is 13.5. The number of carbonyl (C=O) groups excluding carboxylic acids is 1. The van der Waals surface area contributed by atoms with E-state index in [-0.39, 0.29) is 18.1 Å². The highest BCUT2D eigenvalue weighted by Crippen LogP contribution is 2.26. The molecule has 0 radical (unpaired) electrons. The molecule has 0 bridgehead atoms. The number of esters is 1. The quantitative estimate of drug-likeness (QED) is 0.868. The summed E-state index contributed by atoms with van der Waals surface area (Å²) in [6.45, 7) is 2.56. The summed E-state index contributed by atoms with van der Waals surface area (Å²) in [4.78, 5) is 16.1. The summed E-state index contributed by atoms with van der Waals surface area (Å²) in [5.74, 6) is 1.08. The predicted octanol–water partition coefficient (Wildman–Crippen LogP) is 1.83. The second-order valence-corrected chi connectivity index (χ2v) is 5.63. The van der Waals surface area contributed by atoms with Crippen LogP contribution in [0.5, 0.6) is 11.6 Å². The third-order valence-electron chi connectivity index (χ3n) is 4.02. The minimum atomic E-state index is -0.314. The van der Waals surface area contributed by atoms with Crippen molar-refractivity contribution in [2.75, 3.05) is 20.8 Å². The van der Waals surface area contributed by atoms with E-state index in [0.717, 1.165) is 22.2 Å². The number of nitrogens with one attached hydrogen (secondary N) is 1.